The van der Waals surface area contributed by atoms with Crippen molar-refractivity contribution in [2.45, 2.75) is 19.5 Å². The summed E-state index contributed by atoms with van der Waals surface area (Å²) >= 11 is 0. The summed E-state index contributed by atoms with van der Waals surface area (Å²) in [6, 6.07) is 13.3. The molecule has 0 radical (unpaired) electrons. The second-order valence-electron chi connectivity index (χ2n) is 6.85. The number of nitrogens with one attached hydrogen (secondary N) is 1. The van der Waals surface area contributed by atoms with Crippen molar-refractivity contribution >= 4 is 28.4 Å². The van der Waals surface area contributed by atoms with Gasteiger partial charge in [-0.3, -0.25) is 24.9 Å². The van der Waals surface area contributed by atoms with Crippen molar-refractivity contribution in [1.82, 2.24) is 14.9 Å². The average molecular weight is 394 g/mol. The number of para-hydroxylation sites is 1. The minimum atomic E-state index is -0.560. The second kappa shape index (κ2) is 7.36. The van der Waals surface area contributed by atoms with Gasteiger partial charge in [0.05, 0.1) is 11.5 Å². The van der Waals surface area contributed by atoms with Crippen molar-refractivity contribution in [3.8, 4) is 0 Å². The minimum absolute atomic E-state index is 0.0782. The molecule has 9 nitrogen and oxygen atoms in total. The monoisotopic (exact) mass is 394 g/mol. The molecule has 2 N–H and O–H groups in total. The quantitative estimate of drug-likeness (QED) is 0.400. The Kier molecular flexibility index (Phi) is 4.73. The molecule has 2 amide bonds. The first-order valence-corrected chi connectivity index (χ1v) is 9.05. The average Bonchev–Trinajstić information content (AvgIpc) is 3.06. The van der Waals surface area contributed by atoms with E-state index in [0.29, 0.717) is 13.0 Å². The molecule has 2 aromatic carbocycles. The molecule has 2 heterocycles. The van der Waals surface area contributed by atoms with Gasteiger partial charge in [-0.05, 0) is 24.1 Å². The molecule has 148 valence electrons. The number of carbonyl (C=O) groups is 2. The molecular formula is C20H18N4O5. The standard InChI is InChI=1S/C20H18N4O5/c25-19(21-27)12-23-17-7-2-1-6-15(17)16-8-9-22(11-18(16)23)20(26)13-4-3-5-14(10-13)24(28)29/h1-7,10,27H,8-9,11-12H2,(H,21,25). The smallest absolute Gasteiger partial charge is 0.270 e. The zero-order valence-electron chi connectivity index (χ0n) is 15.4. The van der Waals surface area contributed by atoms with Crippen molar-refractivity contribution in [2.75, 3.05) is 6.54 Å². The number of hydrogen-bond donors (Lipinski definition) is 2. The van der Waals surface area contributed by atoms with Gasteiger partial charge in [0, 0.05) is 40.8 Å². The highest BCUT2D eigenvalue weighted by Gasteiger charge is 2.28. The summed E-state index contributed by atoms with van der Waals surface area (Å²) < 4.78 is 1.79. The van der Waals surface area contributed by atoms with Crippen molar-refractivity contribution < 1.29 is 19.7 Å². The Morgan fingerprint density at radius 1 is 1.17 bits per heavy atom. The van der Waals surface area contributed by atoms with Crippen LogP contribution >= 0.6 is 0 Å². The fraction of sp³-hybridized carbons (Fsp3) is 0.200. The lowest BCUT2D eigenvalue weighted by molar-refractivity contribution is -0.384. The van der Waals surface area contributed by atoms with Crippen LogP contribution in [0.25, 0.3) is 10.9 Å². The maximum atomic E-state index is 13.0. The molecule has 0 atom stereocenters. The number of rotatable bonds is 4. The molecule has 0 unspecified atom stereocenters. The van der Waals surface area contributed by atoms with E-state index in [1.165, 1.54) is 18.2 Å². The summed E-state index contributed by atoms with van der Waals surface area (Å²) in [5, 5.41) is 21.0. The van der Waals surface area contributed by atoms with Crippen molar-refractivity contribution in [3.63, 3.8) is 0 Å². The van der Waals surface area contributed by atoms with E-state index in [1.807, 2.05) is 24.3 Å². The lowest BCUT2D eigenvalue weighted by atomic mass is 10.0. The van der Waals surface area contributed by atoms with Crippen molar-refractivity contribution in [1.29, 1.82) is 0 Å². The third kappa shape index (κ3) is 3.32. The largest absolute Gasteiger partial charge is 0.333 e. The molecule has 3 aromatic rings. The molecule has 1 aliphatic rings. The first-order chi connectivity index (χ1) is 14.0. The number of hydrogen-bond acceptors (Lipinski definition) is 5. The number of nitro benzene ring substituents is 1. The first-order valence-electron chi connectivity index (χ1n) is 9.05. The fourth-order valence-electron chi connectivity index (χ4n) is 3.86. The fourth-order valence-corrected chi connectivity index (χ4v) is 3.86. The lowest BCUT2D eigenvalue weighted by Crippen LogP contribution is -2.37. The summed E-state index contributed by atoms with van der Waals surface area (Å²) in [5.74, 6) is -0.863. The highest BCUT2D eigenvalue weighted by atomic mass is 16.6. The normalized spacial score (nSPS) is 13.2. The van der Waals surface area contributed by atoms with E-state index in [-0.39, 0.29) is 30.2 Å². The number of nitro groups is 1. The maximum absolute atomic E-state index is 13.0. The van der Waals surface area contributed by atoms with Gasteiger partial charge in [0.15, 0.2) is 0 Å². The molecule has 0 saturated carbocycles. The predicted molar refractivity (Wildman–Crippen MR) is 103 cm³/mol. The second-order valence-corrected chi connectivity index (χ2v) is 6.85. The van der Waals surface area contributed by atoms with Crippen LogP contribution in [-0.4, -0.2) is 38.0 Å². The van der Waals surface area contributed by atoms with Crippen LogP contribution < -0.4 is 5.48 Å². The Labute approximate surface area is 165 Å². The lowest BCUT2D eigenvalue weighted by Gasteiger charge is -2.28. The highest BCUT2D eigenvalue weighted by Crippen LogP contribution is 2.31. The summed E-state index contributed by atoms with van der Waals surface area (Å²) in [6.45, 7) is 0.657. The number of aromatic nitrogens is 1. The first kappa shape index (κ1) is 18.6. The molecule has 0 saturated heterocycles. The van der Waals surface area contributed by atoms with Gasteiger partial charge in [0.25, 0.3) is 17.5 Å². The Morgan fingerprint density at radius 2 is 1.97 bits per heavy atom. The molecule has 0 bridgehead atoms. The number of nitrogens with zero attached hydrogens (tertiary/aromatic N) is 3. The maximum Gasteiger partial charge on any atom is 0.270 e. The summed E-state index contributed by atoms with van der Waals surface area (Å²) in [4.78, 5) is 36.9. The molecular weight excluding hydrogens is 376 g/mol. The van der Waals surface area contributed by atoms with Crippen LogP contribution in [0.1, 0.15) is 21.6 Å². The van der Waals surface area contributed by atoms with E-state index < -0.39 is 10.8 Å². The Hall–Kier alpha value is -3.72. The minimum Gasteiger partial charge on any atom is -0.333 e. The zero-order valence-corrected chi connectivity index (χ0v) is 15.4. The van der Waals surface area contributed by atoms with Crippen LogP contribution in [0.3, 0.4) is 0 Å². The van der Waals surface area contributed by atoms with E-state index in [2.05, 4.69) is 0 Å². The topological polar surface area (TPSA) is 118 Å². The van der Waals surface area contributed by atoms with Crippen molar-refractivity contribution in [3.05, 3.63) is 75.5 Å². The Morgan fingerprint density at radius 3 is 2.72 bits per heavy atom. The molecule has 29 heavy (non-hydrogen) atoms. The third-order valence-electron chi connectivity index (χ3n) is 5.18. The summed E-state index contributed by atoms with van der Waals surface area (Å²) in [6.07, 6.45) is 0.601. The zero-order chi connectivity index (χ0) is 20.5. The summed E-state index contributed by atoms with van der Waals surface area (Å²) in [5.41, 5.74) is 4.50. The summed E-state index contributed by atoms with van der Waals surface area (Å²) in [7, 11) is 0. The number of carbonyl (C=O) groups excluding carboxylic acids is 2. The van der Waals surface area contributed by atoms with Gasteiger partial charge in [-0.25, -0.2) is 5.48 Å². The van der Waals surface area contributed by atoms with E-state index in [4.69, 9.17) is 5.21 Å². The number of non-ortho nitro benzene ring substituents is 1. The Bertz CT molecular complexity index is 1140. The molecule has 0 spiro atoms. The molecule has 1 aliphatic heterocycles. The predicted octanol–water partition coefficient (Wildman–Crippen LogP) is 2.25. The van der Waals surface area contributed by atoms with Gasteiger partial charge in [0.2, 0.25) is 0 Å². The van der Waals surface area contributed by atoms with Crippen LogP contribution in [0.4, 0.5) is 5.69 Å². The number of fused-ring (bicyclic) bond motifs is 3. The molecule has 4 rings (SSSR count). The van der Waals surface area contributed by atoms with Crippen LogP contribution in [0, 0.1) is 10.1 Å². The number of amides is 2. The number of hydroxylamine groups is 1. The number of benzene rings is 2. The SMILES string of the molecule is O=C(Cn1c2c(c3ccccc31)CCN(C(=O)c1cccc([N+](=O)[O-])c1)C2)NO. The van der Waals surface area contributed by atoms with E-state index >= 15 is 0 Å². The van der Waals surface area contributed by atoms with Gasteiger partial charge in [-0.2, -0.15) is 0 Å². The van der Waals surface area contributed by atoms with Gasteiger partial charge >= 0.3 is 0 Å². The van der Waals surface area contributed by atoms with Gasteiger partial charge < -0.3 is 9.47 Å². The van der Waals surface area contributed by atoms with E-state index in [9.17, 15) is 19.7 Å². The van der Waals surface area contributed by atoms with Crippen LogP contribution in [0.5, 0.6) is 0 Å². The van der Waals surface area contributed by atoms with Gasteiger partial charge in [-0.15, -0.1) is 0 Å². The van der Waals surface area contributed by atoms with Crippen LogP contribution in [0.2, 0.25) is 0 Å². The molecule has 0 aliphatic carbocycles. The van der Waals surface area contributed by atoms with Gasteiger partial charge in [-0.1, -0.05) is 24.3 Å². The van der Waals surface area contributed by atoms with Crippen LogP contribution in [0.15, 0.2) is 48.5 Å². The molecule has 9 heteroatoms. The van der Waals surface area contributed by atoms with Crippen LogP contribution in [-0.2, 0) is 24.3 Å². The Balaban J connectivity index is 1.71. The third-order valence-corrected chi connectivity index (χ3v) is 5.18. The van der Waals surface area contributed by atoms with Crippen molar-refractivity contribution in [2.24, 2.45) is 0 Å². The highest BCUT2D eigenvalue weighted by molar-refractivity contribution is 5.95. The molecule has 1 aromatic heterocycles. The van der Waals surface area contributed by atoms with E-state index in [1.54, 1.807) is 21.0 Å². The molecule has 0 fully saturated rings. The van der Waals surface area contributed by atoms with Gasteiger partial charge in [0.1, 0.15) is 6.54 Å². The van der Waals surface area contributed by atoms with E-state index in [0.717, 1.165) is 22.2 Å².